The molecule has 0 radical (unpaired) electrons. The van der Waals surface area contributed by atoms with Gasteiger partial charge in [0.15, 0.2) is 11.7 Å². The zero-order chi connectivity index (χ0) is 20.8. The average Bonchev–Trinajstić information content (AvgIpc) is 2.71. The largest absolute Gasteiger partial charge is 0.482 e. The Labute approximate surface area is 173 Å². The van der Waals surface area contributed by atoms with Crippen molar-refractivity contribution in [2.75, 3.05) is 6.61 Å². The van der Waals surface area contributed by atoms with Crippen molar-refractivity contribution < 1.29 is 19.4 Å². The van der Waals surface area contributed by atoms with E-state index in [4.69, 9.17) is 22.1 Å². The first-order valence-electron chi connectivity index (χ1n) is 8.99. The van der Waals surface area contributed by atoms with Gasteiger partial charge in [-0.25, -0.2) is 4.79 Å². The topological polar surface area (TPSA) is 99.7 Å². The second-order valence-corrected chi connectivity index (χ2v) is 6.87. The Kier molecular flexibility index (Phi) is 6.46. The molecule has 0 spiro atoms. The van der Waals surface area contributed by atoms with E-state index in [0.717, 1.165) is 5.56 Å². The number of para-hydroxylation sites is 1. The summed E-state index contributed by atoms with van der Waals surface area (Å²) in [7, 11) is 0. The van der Waals surface area contributed by atoms with E-state index in [2.05, 4.69) is 16.0 Å². The normalized spacial score (nSPS) is 15.9. The maximum atomic E-state index is 13.0. The lowest BCUT2D eigenvalue weighted by Crippen LogP contribution is -2.46. The third-order valence-corrected chi connectivity index (χ3v) is 4.61. The lowest BCUT2D eigenvalue weighted by molar-refractivity contribution is -0.139. The summed E-state index contributed by atoms with van der Waals surface area (Å²) < 4.78 is 5.42. The van der Waals surface area contributed by atoms with Crippen LogP contribution in [0.4, 0.5) is 0 Å². The van der Waals surface area contributed by atoms with Crippen molar-refractivity contribution in [3.8, 4) is 5.75 Å². The lowest BCUT2D eigenvalue weighted by Gasteiger charge is -2.31. The van der Waals surface area contributed by atoms with Crippen molar-refractivity contribution in [2.45, 2.75) is 19.5 Å². The minimum absolute atomic E-state index is 0.258. The van der Waals surface area contributed by atoms with Gasteiger partial charge in [-0.1, -0.05) is 48.5 Å². The molecule has 2 aromatic rings. The van der Waals surface area contributed by atoms with Crippen molar-refractivity contribution in [2.24, 2.45) is 0 Å². The molecule has 0 aliphatic carbocycles. The zero-order valence-electron chi connectivity index (χ0n) is 15.8. The first-order chi connectivity index (χ1) is 14.0. The highest BCUT2D eigenvalue weighted by Crippen LogP contribution is 2.33. The molecule has 3 rings (SSSR count). The quantitative estimate of drug-likeness (QED) is 0.519. The molecule has 150 valence electrons. The summed E-state index contributed by atoms with van der Waals surface area (Å²) in [5, 5.41) is 18.3. The highest BCUT2D eigenvalue weighted by Gasteiger charge is 2.31. The second-order valence-electron chi connectivity index (χ2n) is 6.46. The summed E-state index contributed by atoms with van der Waals surface area (Å²) in [5.41, 5.74) is 2.69. The van der Waals surface area contributed by atoms with Gasteiger partial charge >= 0.3 is 5.97 Å². The molecule has 0 unspecified atom stereocenters. The maximum Gasteiger partial charge on any atom is 0.341 e. The zero-order valence-corrected chi connectivity index (χ0v) is 16.6. The molecular formula is C21H21N3O4S. The first-order valence-corrected chi connectivity index (χ1v) is 9.40. The first kappa shape index (κ1) is 20.3. The number of amides is 1. The minimum Gasteiger partial charge on any atom is -0.482 e. The van der Waals surface area contributed by atoms with E-state index >= 15 is 0 Å². The van der Waals surface area contributed by atoms with Gasteiger partial charge in [-0.15, -0.1) is 0 Å². The predicted octanol–water partition coefficient (Wildman–Crippen LogP) is 2.26. The van der Waals surface area contributed by atoms with Crippen molar-refractivity contribution >= 4 is 29.2 Å². The van der Waals surface area contributed by atoms with Gasteiger partial charge in [0.2, 0.25) is 0 Å². The number of hydrogen-bond acceptors (Lipinski definition) is 4. The molecule has 0 aromatic heterocycles. The molecule has 7 nitrogen and oxygen atoms in total. The fourth-order valence-electron chi connectivity index (χ4n) is 3.09. The van der Waals surface area contributed by atoms with Crippen LogP contribution in [0.5, 0.6) is 5.75 Å². The number of carboxylic acids is 1. The van der Waals surface area contributed by atoms with Crippen LogP contribution >= 0.6 is 12.2 Å². The molecule has 1 atom stereocenters. The predicted molar refractivity (Wildman–Crippen MR) is 112 cm³/mol. The van der Waals surface area contributed by atoms with Crippen molar-refractivity contribution in [1.82, 2.24) is 16.0 Å². The Morgan fingerprint density at radius 1 is 1.14 bits per heavy atom. The molecule has 29 heavy (non-hydrogen) atoms. The smallest absolute Gasteiger partial charge is 0.341 e. The summed E-state index contributed by atoms with van der Waals surface area (Å²) in [5.74, 6) is -0.966. The maximum absolute atomic E-state index is 13.0. The molecule has 1 heterocycles. The Morgan fingerprint density at radius 2 is 1.83 bits per heavy atom. The molecular weight excluding hydrogens is 390 g/mol. The Balaban J connectivity index is 1.88. The Morgan fingerprint density at radius 3 is 2.55 bits per heavy atom. The van der Waals surface area contributed by atoms with Crippen LogP contribution in [0.3, 0.4) is 0 Å². The number of hydrogen-bond donors (Lipinski definition) is 4. The van der Waals surface area contributed by atoms with Crippen LogP contribution in [0.15, 0.2) is 65.9 Å². The summed E-state index contributed by atoms with van der Waals surface area (Å²) in [6.07, 6.45) is 0. The van der Waals surface area contributed by atoms with Crippen LogP contribution in [0, 0.1) is 0 Å². The van der Waals surface area contributed by atoms with Gasteiger partial charge in [-0.05, 0) is 30.8 Å². The lowest BCUT2D eigenvalue weighted by atomic mass is 9.94. The summed E-state index contributed by atoms with van der Waals surface area (Å²) >= 11 is 5.27. The van der Waals surface area contributed by atoms with E-state index in [-0.39, 0.29) is 5.91 Å². The molecule has 0 fully saturated rings. The molecule has 0 saturated carbocycles. The van der Waals surface area contributed by atoms with Gasteiger partial charge in [0.25, 0.3) is 5.91 Å². The highest BCUT2D eigenvalue weighted by molar-refractivity contribution is 7.80. The number of rotatable bonds is 7. The van der Waals surface area contributed by atoms with Crippen molar-refractivity contribution in [3.05, 3.63) is 77.0 Å². The van der Waals surface area contributed by atoms with Crippen molar-refractivity contribution in [3.63, 3.8) is 0 Å². The van der Waals surface area contributed by atoms with E-state index < -0.39 is 18.6 Å². The number of benzene rings is 2. The van der Waals surface area contributed by atoms with Gasteiger partial charge < -0.3 is 25.8 Å². The third-order valence-electron chi connectivity index (χ3n) is 4.39. The molecule has 8 heteroatoms. The van der Waals surface area contributed by atoms with Crippen molar-refractivity contribution in [1.29, 1.82) is 0 Å². The number of nitrogens with one attached hydrogen (secondary N) is 3. The van der Waals surface area contributed by atoms with Gasteiger partial charge in [0.1, 0.15) is 5.75 Å². The molecule has 1 aliphatic heterocycles. The second kappa shape index (κ2) is 9.20. The van der Waals surface area contributed by atoms with Crippen LogP contribution in [0.2, 0.25) is 0 Å². The number of carboxylic acid groups (broad SMARTS) is 1. The van der Waals surface area contributed by atoms with E-state index in [1.165, 1.54) is 0 Å². The molecule has 0 saturated heterocycles. The standard InChI is InChI=1S/C21H21N3O4S/c1-13-18(20(27)22-11-14-7-3-2-4-8-14)19(24-21(29)23-13)15-9-5-6-10-16(15)28-12-17(25)26/h2-10,19H,11-12H2,1H3,(H,22,27)(H,25,26)(H2,23,24,29)/t19-/m0/s1. The van der Waals surface area contributed by atoms with Crippen LogP contribution in [-0.4, -0.2) is 28.7 Å². The number of carbonyl (C=O) groups is 2. The molecule has 4 N–H and O–H groups in total. The van der Waals surface area contributed by atoms with E-state index in [1.54, 1.807) is 31.2 Å². The van der Waals surface area contributed by atoms with E-state index in [1.807, 2.05) is 30.3 Å². The fraction of sp³-hybridized carbons (Fsp3) is 0.190. The number of carbonyl (C=O) groups excluding carboxylic acids is 1. The van der Waals surface area contributed by atoms with Gasteiger partial charge in [0.05, 0.1) is 11.6 Å². The minimum atomic E-state index is -1.08. The Bertz CT molecular complexity index is 959. The van der Waals surface area contributed by atoms with Crippen LogP contribution < -0.4 is 20.7 Å². The number of aliphatic carboxylic acids is 1. The van der Waals surface area contributed by atoms with E-state index in [0.29, 0.717) is 34.2 Å². The highest BCUT2D eigenvalue weighted by atomic mass is 32.1. The van der Waals surface area contributed by atoms with Gasteiger partial charge in [-0.2, -0.15) is 0 Å². The number of allylic oxidation sites excluding steroid dienone is 1. The van der Waals surface area contributed by atoms with Crippen LogP contribution in [0.1, 0.15) is 24.1 Å². The van der Waals surface area contributed by atoms with Gasteiger partial charge in [-0.3, -0.25) is 4.79 Å². The van der Waals surface area contributed by atoms with E-state index in [9.17, 15) is 9.59 Å². The molecule has 2 aromatic carbocycles. The Hall–Kier alpha value is -3.39. The number of ether oxygens (including phenoxy) is 1. The van der Waals surface area contributed by atoms with Crippen LogP contribution in [-0.2, 0) is 16.1 Å². The number of thiocarbonyl (C=S) groups is 1. The summed E-state index contributed by atoms with van der Waals surface area (Å²) in [4.78, 5) is 23.9. The molecule has 1 aliphatic rings. The summed E-state index contributed by atoms with van der Waals surface area (Å²) in [6.45, 7) is 1.67. The molecule has 0 bridgehead atoms. The SMILES string of the molecule is CC1=C(C(=O)NCc2ccccc2)[C@H](c2ccccc2OCC(=O)O)NC(=S)N1. The fourth-order valence-corrected chi connectivity index (χ4v) is 3.36. The van der Waals surface area contributed by atoms with Gasteiger partial charge in [0, 0.05) is 17.8 Å². The monoisotopic (exact) mass is 411 g/mol. The third kappa shape index (κ3) is 5.11. The molecule has 1 amide bonds. The average molecular weight is 411 g/mol. The summed E-state index contributed by atoms with van der Waals surface area (Å²) in [6, 6.07) is 16.0. The van der Waals surface area contributed by atoms with Crippen LogP contribution in [0.25, 0.3) is 0 Å².